The number of phenolic OH excluding ortho intramolecular Hbond substituents is 1. The minimum Gasteiger partial charge on any atom is -0.502 e. The van der Waals surface area contributed by atoms with Gasteiger partial charge in [0.25, 0.3) is 0 Å². The molecule has 2 aromatic rings. The minimum atomic E-state index is -1.80. The van der Waals surface area contributed by atoms with Gasteiger partial charge in [-0.15, -0.1) is 0 Å². The smallest absolute Gasteiger partial charge is 0.338 e. The Bertz CT molecular complexity index is 1450. The number of phenols is 1. The fourth-order valence-corrected chi connectivity index (χ4v) is 4.80. The van der Waals surface area contributed by atoms with Crippen LogP contribution in [0.1, 0.15) is 53.0 Å². The van der Waals surface area contributed by atoms with Gasteiger partial charge in [0.05, 0.1) is 25.3 Å². The number of nitrogens with two attached hydrogens (primary N) is 2. The number of ether oxygens (including phenoxy) is 6. The highest BCUT2D eigenvalue weighted by Gasteiger charge is 2.46. The van der Waals surface area contributed by atoms with Crippen molar-refractivity contribution in [2.24, 2.45) is 22.4 Å². The lowest BCUT2D eigenvalue weighted by atomic mass is 9.99. The van der Waals surface area contributed by atoms with E-state index < -0.39 is 49.3 Å². The molecule has 5 unspecified atom stereocenters. The van der Waals surface area contributed by atoms with Gasteiger partial charge in [-0.1, -0.05) is 13.8 Å². The van der Waals surface area contributed by atoms with E-state index in [1.54, 1.807) is 0 Å². The number of carbonyl (C=O) groups excluding carboxylic acids is 1. The molecule has 17 heteroatoms. The molecule has 1 saturated heterocycles. The number of rotatable bonds is 18. The standard InChI is InChI=1S/C32H46N4O13/c1-16(2)7-9-35-15-47-21-13-19(12-20(44-3)24(21)37)30(43)46-14-23-25(38)26(39)27(40)31(48-23)49-28-17(6-5-8-36-32(33)34)10-18(29(41)42)11-22(28)45-4/h10-13,16,23,25-27,31,35,37-40H,5-9,14-15H2,1-4H3,(H,41,42)(H4,33,34,36). The first-order valence-electron chi connectivity index (χ1n) is 15.5. The molecule has 0 saturated carbocycles. The molecule has 272 valence electrons. The van der Waals surface area contributed by atoms with Crippen LogP contribution in [0.15, 0.2) is 29.3 Å². The van der Waals surface area contributed by atoms with E-state index in [-0.39, 0.29) is 65.5 Å². The summed E-state index contributed by atoms with van der Waals surface area (Å²) in [5.74, 6) is -2.19. The lowest BCUT2D eigenvalue weighted by Crippen LogP contribution is -2.60. The number of aromatic hydroxyl groups is 1. The molecule has 1 aliphatic heterocycles. The summed E-state index contributed by atoms with van der Waals surface area (Å²) < 4.78 is 33.2. The highest BCUT2D eigenvalue weighted by Crippen LogP contribution is 2.38. The lowest BCUT2D eigenvalue weighted by Gasteiger charge is -2.40. The number of aliphatic imine (C=N–C) groups is 1. The molecule has 1 heterocycles. The summed E-state index contributed by atoms with van der Waals surface area (Å²) in [6.07, 6.45) is -6.80. The van der Waals surface area contributed by atoms with E-state index in [9.17, 15) is 35.1 Å². The number of carboxylic acids is 1. The quantitative estimate of drug-likeness (QED) is 0.0343. The maximum Gasteiger partial charge on any atom is 0.338 e. The maximum atomic E-state index is 13.1. The SMILES string of the molecule is COc1cc(C(=O)OCC2OC(Oc3c(CCCN=C(N)N)cc(C(=O)O)cc3OC)C(O)C(O)C2O)cc(OCNCCC(C)C)c1O. The van der Waals surface area contributed by atoms with Crippen molar-refractivity contribution in [3.8, 4) is 28.7 Å². The summed E-state index contributed by atoms with van der Waals surface area (Å²) in [6.45, 7) is 4.51. The number of methoxy groups -OCH3 is 2. The van der Waals surface area contributed by atoms with Gasteiger partial charge in [-0.2, -0.15) is 0 Å². The Balaban J connectivity index is 1.77. The molecule has 0 bridgehead atoms. The molecule has 10 N–H and O–H groups in total. The van der Waals surface area contributed by atoms with Gasteiger partial charge in [0, 0.05) is 6.54 Å². The molecule has 49 heavy (non-hydrogen) atoms. The average Bonchev–Trinajstić information content (AvgIpc) is 3.06. The van der Waals surface area contributed by atoms with Crippen LogP contribution in [0, 0.1) is 5.92 Å². The number of nitrogens with zero attached hydrogens (tertiary/aromatic N) is 1. The number of guanidine groups is 1. The molecule has 0 amide bonds. The zero-order chi connectivity index (χ0) is 36.2. The van der Waals surface area contributed by atoms with Crippen molar-refractivity contribution in [2.75, 3.05) is 40.6 Å². The molecule has 0 radical (unpaired) electrons. The van der Waals surface area contributed by atoms with Crippen molar-refractivity contribution in [3.63, 3.8) is 0 Å². The zero-order valence-electron chi connectivity index (χ0n) is 27.8. The van der Waals surface area contributed by atoms with Crippen LogP contribution >= 0.6 is 0 Å². The summed E-state index contributed by atoms with van der Waals surface area (Å²) in [6, 6.07) is 5.06. The van der Waals surface area contributed by atoms with E-state index in [1.807, 2.05) is 0 Å². The van der Waals surface area contributed by atoms with Crippen molar-refractivity contribution < 1.29 is 63.5 Å². The second kappa shape index (κ2) is 18.3. The Morgan fingerprint density at radius 3 is 2.29 bits per heavy atom. The largest absolute Gasteiger partial charge is 0.502 e. The molecular weight excluding hydrogens is 648 g/mol. The maximum absolute atomic E-state index is 13.1. The number of aliphatic hydroxyl groups excluding tert-OH is 3. The fourth-order valence-electron chi connectivity index (χ4n) is 4.80. The molecule has 2 aromatic carbocycles. The van der Waals surface area contributed by atoms with Crippen molar-refractivity contribution in [2.45, 2.75) is 63.8 Å². The summed E-state index contributed by atoms with van der Waals surface area (Å²) >= 11 is 0. The van der Waals surface area contributed by atoms with Crippen LogP contribution < -0.4 is 35.7 Å². The van der Waals surface area contributed by atoms with E-state index in [0.29, 0.717) is 24.4 Å². The Morgan fingerprint density at radius 2 is 1.65 bits per heavy atom. The number of hydrogen-bond acceptors (Lipinski definition) is 14. The highest BCUT2D eigenvalue weighted by molar-refractivity contribution is 5.91. The van der Waals surface area contributed by atoms with Crippen LogP contribution in [0.5, 0.6) is 28.7 Å². The highest BCUT2D eigenvalue weighted by atomic mass is 16.7. The fraction of sp³-hybridized carbons (Fsp3) is 0.531. The first kappa shape index (κ1) is 38.9. The molecule has 0 spiro atoms. The number of hydrogen-bond donors (Lipinski definition) is 8. The number of aliphatic hydroxyl groups is 3. The molecule has 0 aromatic heterocycles. The van der Waals surface area contributed by atoms with Crippen LogP contribution in [0.25, 0.3) is 0 Å². The third-order valence-corrected chi connectivity index (χ3v) is 7.50. The molecule has 1 aliphatic rings. The average molecular weight is 695 g/mol. The van der Waals surface area contributed by atoms with Crippen molar-refractivity contribution >= 4 is 17.9 Å². The van der Waals surface area contributed by atoms with Gasteiger partial charge in [0.15, 0.2) is 29.0 Å². The Kier molecular flexibility index (Phi) is 14.5. The first-order chi connectivity index (χ1) is 23.3. The van der Waals surface area contributed by atoms with Gasteiger partial charge in [0.2, 0.25) is 12.0 Å². The predicted octanol–water partition coefficient (Wildman–Crippen LogP) is 0.329. The van der Waals surface area contributed by atoms with E-state index >= 15 is 0 Å². The summed E-state index contributed by atoms with van der Waals surface area (Å²) in [4.78, 5) is 28.8. The zero-order valence-corrected chi connectivity index (χ0v) is 27.8. The normalized spacial score (nSPS) is 20.4. The van der Waals surface area contributed by atoms with E-state index in [2.05, 4.69) is 24.2 Å². The monoisotopic (exact) mass is 694 g/mol. The predicted molar refractivity (Wildman–Crippen MR) is 174 cm³/mol. The van der Waals surface area contributed by atoms with Gasteiger partial charge in [-0.25, -0.2) is 9.59 Å². The van der Waals surface area contributed by atoms with Gasteiger partial charge < -0.3 is 65.4 Å². The lowest BCUT2D eigenvalue weighted by molar-refractivity contribution is -0.277. The second-order valence-electron chi connectivity index (χ2n) is 11.6. The van der Waals surface area contributed by atoms with Crippen molar-refractivity contribution in [1.29, 1.82) is 0 Å². The van der Waals surface area contributed by atoms with Crippen molar-refractivity contribution in [1.82, 2.24) is 5.32 Å². The molecule has 1 fully saturated rings. The van der Waals surface area contributed by atoms with Crippen LogP contribution in [0.2, 0.25) is 0 Å². The van der Waals surface area contributed by atoms with Crippen LogP contribution in [0.4, 0.5) is 0 Å². The van der Waals surface area contributed by atoms with E-state index in [0.717, 1.165) is 6.42 Å². The number of aromatic carboxylic acids is 1. The number of aryl methyl sites for hydroxylation is 1. The number of carboxylic acid groups (broad SMARTS) is 1. The molecular formula is C32H46N4O13. The van der Waals surface area contributed by atoms with E-state index in [1.165, 1.54) is 38.5 Å². The summed E-state index contributed by atoms with van der Waals surface area (Å²) in [5, 5.41) is 55.2. The van der Waals surface area contributed by atoms with Gasteiger partial charge in [-0.05, 0) is 61.6 Å². The van der Waals surface area contributed by atoms with Crippen LogP contribution in [-0.4, -0.2) is 115 Å². The Labute approximate surface area is 283 Å². The summed E-state index contributed by atoms with van der Waals surface area (Å²) in [5.41, 5.74) is 11.0. The minimum absolute atomic E-state index is 0.00278. The topological polar surface area (TPSA) is 267 Å². The first-order valence-corrected chi connectivity index (χ1v) is 15.5. The van der Waals surface area contributed by atoms with E-state index in [4.69, 9.17) is 39.9 Å². The van der Waals surface area contributed by atoms with Crippen LogP contribution in [0.3, 0.4) is 0 Å². The number of carbonyl (C=O) groups is 2. The number of nitrogens with one attached hydrogen (secondary N) is 1. The van der Waals surface area contributed by atoms with Gasteiger partial charge in [-0.3, -0.25) is 10.3 Å². The number of esters is 1. The third-order valence-electron chi connectivity index (χ3n) is 7.50. The van der Waals surface area contributed by atoms with Gasteiger partial charge >= 0.3 is 11.9 Å². The van der Waals surface area contributed by atoms with Crippen molar-refractivity contribution in [3.05, 3.63) is 41.0 Å². The molecule has 5 atom stereocenters. The number of benzene rings is 2. The molecule has 0 aliphatic carbocycles. The van der Waals surface area contributed by atoms with Gasteiger partial charge in [0.1, 0.15) is 37.8 Å². The van der Waals surface area contributed by atoms with Crippen LogP contribution in [-0.2, 0) is 15.9 Å². The third kappa shape index (κ3) is 10.7. The Morgan fingerprint density at radius 1 is 0.980 bits per heavy atom. The second-order valence-corrected chi connectivity index (χ2v) is 11.6. The summed E-state index contributed by atoms with van der Waals surface area (Å²) in [7, 11) is 2.59. The molecule has 17 nitrogen and oxygen atoms in total. The Hall–Kier alpha value is -4.55. The molecule has 3 rings (SSSR count).